The lowest BCUT2D eigenvalue weighted by Crippen LogP contribution is -2.28. The summed E-state index contributed by atoms with van der Waals surface area (Å²) in [5, 5.41) is 18.1. The van der Waals surface area contributed by atoms with Gasteiger partial charge in [-0.1, -0.05) is 12.1 Å². The van der Waals surface area contributed by atoms with E-state index in [1.165, 1.54) is 0 Å². The Bertz CT molecular complexity index is 423. The SMILES string of the molecule is CN(Cc1ccc(C(=O)O)cc1)CC1(CO)CC1. The molecule has 1 aromatic rings. The fourth-order valence-electron chi connectivity index (χ4n) is 2.24. The predicted octanol–water partition coefficient (Wildman–Crippen LogP) is 1.59. The average Bonchev–Trinajstić information content (AvgIpc) is 3.10. The van der Waals surface area contributed by atoms with Gasteiger partial charge in [-0.2, -0.15) is 0 Å². The normalized spacial score (nSPS) is 16.8. The van der Waals surface area contributed by atoms with E-state index in [2.05, 4.69) is 4.90 Å². The molecular formula is C14H19NO3. The number of hydrogen-bond donors (Lipinski definition) is 2. The number of hydrogen-bond acceptors (Lipinski definition) is 3. The van der Waals surface area contributed by atoms with E-state index in [-0.39, 0.29) is 12.0 Å². The van der Waals surface area contributed by atoms with Crippen LogP contribution in [0.15, 0.2) is 24.3 Å². The number of aromatic carboxylic acids is 1. The van der Waals surface area contributed by atoms with Crippen LogP contribution in [0.3, 0.4) is 0 Å². The summed E-state index contributed by atoms with van der Waals surface area (Å²) >= 11 is 0. The second-order valence-corrected chi connectivity index (χ2v) is 5.33. The molecule has 0 saturated heterocycles. The number of benzene rings is 1. The van der Waals surface area contributed by atoms with Gasteiger partial charge in [0, 0.05) is 25.1 Å². The molecule has 0 heterocycles. The molecule has 98 valence electrons. The smallest absolute Gasteiger partial charge is 0.335 e. The van der Waals surface area contributed by atoms with Gasteiger partial charge in [0.2, 0.25) is 0 Å². The molecule has 1 fully saturated rings. The number of aliphatic hydroxyl groups excluding tert-OH is 1. The van der Waals surface area contributed by atoms with Crippen molar-refractivity contribution in [3.8, 4) is 0 Å². The van der Waals surface area contributed by atoms with E-state index in [4.69, 9.17) is 5.11 Å². The first-order chi connectivity index (χ1) is 8.54. The Hall–Kier alpha value is -1.39. The van der Waals surface area contributed by atoms with E-state index in [0.29, 0.717) is 5.56 Å². The zero-order chi connectivity index (χ0) is 13.2. The number of carbonyl (C=O) groups is 1. The molecule has 0 amide bonds. The highest BCUT2D eigenvalue weighted by Gasteiger charge is 2.42. The molecule has 0 radical (unpaired) electrons. The van der Waals surface area contributed by atoms with Gasteiger partial charge >= 0.3 is 5.97 Å². The Morgan fingerprint density at radius 1 is 1.33 bits per heavy atom. The van der Waals surface area contributed by atoms with E-state index in [9.17, 15) is 9.90 Å². The number of carboxylic acid groups (broad SMARTS) is 1. The van der Waals surface area contributed by atoms with Gasteiger partial charge in [0.25, 0.3) is 0 Å². The summed E-state index contributed by atoms with van der Waals surface area (Å²) in [5.74, 6) is -0.896. The lowest BCUT2D eigenvalue weighted by atomic mass is 10.1. The van der Waals surface area contributed by atoms with Crippen LogP contribution in [0.5, 0.6) is 0 Å². The molecule has 1 saturated carbocycles. The van der Waals surface area contributed by atoms with Crippen LogP contribution in [0.2, 0.25) is 0 Å². The van der Waals surface area contributed by atoms with E-state index in [1.54, 1.807) is 12.1 Å². The highest BCUT2D eigenvalue weighted by Crippen LogP contribution is 2.45. The lowest BCUT2D eigenvalue weighted by molar-refractivity contribution is 0.0697. The number of aliphatic hydroxyl groups is 1. The summed E-state index contributed by atoms with van der Waals surface area (Å²) < 4.78 is 0. The summed E-state index contributed by atoms with van der Waals surface area (Å²) in [6.45, 7) is 1.93. The summed E-state index contributed by atoms with van der Waals surface area (Å²) in [5.41, 5.74) is 1.53. The largest absolute Gasteiger partial charge is 0.478 e. The van der Waals surface area contributed by atoms with Crippen LogP contribution < -0.4 is 0 Å². The Balaban J connectivity index is 1.90. The van der Waals surface area contributed by atoms with Crippen LogP contribution in [-0.2, 0) is 6.54 Å². The van der Waals surface area contributed by atoms with Crippen LogP contribution in [0.4, 0.5) is 0 Å². The minimum atomic E-state index is -0.896. The molecule has 0 bridgehead atoms. The molecule has 1 aliphatic rings. The first kappa shape index (κ1) is 13.1. The standard InChI is InChI=1S/C14H19NO3/c1-15(9-14(10-16)6-7-14)8-11-2-4-12(5-3-11)13(17)18/h2-5,16H,6-10H2,1H3,(H,17,18). The van der Waals surface area contributed by atoms with Crippen LogP contribution >= 0.6 is 0 Å². The van der Waals surface area contributed by atoms with Crippen molar-refractivity contribution in [2.75, 3.05) is 20.2 Å². The van der Waals surface area contributed by atoms with Crippen molar-refractivity contribution in [1.29, 1.82) is 0 Å². The van der Waals surface area contributed by atoms with Crippen LogP contribution in [0.25, 0.3) is 0 Å². The molecule has 2 N–H and O–H groups in total. The van der Waals surface area contributed by atoms with Gasteiger partial charge in [0.05, 0.1) is 5.56 Å². The van der Waals surface area contributed by atoms with Gasteiger partial charge in [0.1, 0.15) is 0 Å². The van der Waals surface area contributed by atoms with E-state index in [0.717, 1.165) is 31.5 Å². The third-order valence-electron chi connectivity index (χ3n) is 3.55. The zero-order valence-electron chi connectivity index (χ0n) is 10.6. The molecule has 2 rings (SSSR count). The molecule has 1 aromatic carbocycles. The molecule has 18 heavy (non-hydrogen) atoms. The number of rotatable bonds is 6. The monoisotopic (exact) mass is 249 g/mol. The highest BCUT2D eigenvalue weighted by molar-refractivity contribution is 5.87. The second kappa shape index (κ2) is 5.08. The quantitative estimate of drug-likeness (QED) is 0.803. The van der Waals surface area contributed by atoms with Gasteiger partial charge in [-0.3, -0.25) is 0 Å². The molecular weight excluding hydrogens is 230 g/mol. The summed E-state index contributed by atoms with van der Waals surface area (Å²) in [6.07, 6.45) is 2.21. The molecule has 0 aromatic heterocycles. The van der Waals surface area contributed by atoms with Crippen LogP contribution in [0, 0.1) is 5.41 Å². The minimum Gasteiger partial charge on any atom is -0.478 e. The third-order valence-corrected chi connectivity index (χ3v) is 3.55. The Morgan fingerprint density at radius 3 is 2.39 bits per heavy atom. The Morgan fingerprint density at radius 2 is 1.94 bits per heavy atom. The maximum atomic E-state index is 10.7. The Labute approximate surface area is 107 Å². The van der Waals surface area contributed by atoms with Gasteiger partial charge in [0.15, 0.2) is 0 Å². The average molecular weight is 249 g/mol. The minimum absolute atomic E-state index is 0.121. The molecule has 0 aliphatic heterocycles. The van der Waals surface area contributed by atoms with Crippen LogP contribution in [0.1, 0.15) is 28.8 Å². The van der Waals surface area contributed by atoms with E-state index >= 15 is 0 Å². The second-order valence-electron chi connectivity index (χ2n) is 5.33. The highest BCUT2D eigenvalue weighted by atomic mass is 16.4. The van der Waals surface area contributed by atoms with Gasteiger partial charge in [-0.15, -0.1) is 0 Å². The Kier molecular flexibility index (Phi) is 3.68. The molecule has 0 atom stereocenters. The fourth-order valence-corrected chi connectivity index (χ4v) is 2.24. The third kappa shape index (κ3) is 3.09. The summed E-state index contributed by atoms with van der Waals surface area (Å²) in [7, 11) is 2.03. The van der Waals surface area contributed by atoms with Gasteiger partial charge in [-0.25, -0.2) is 4.79 Å². The topological polar surface area (TPSA) is 60.8 Å². The van der Waals surface area contributed by atoms with Crippen molar-refractivity contribution >= 4 is 5.97 Å². The lowest BCUT2D eigenvalue weighted by Gasteiger charge is -2.22. The maximum absolute atomic E-state index is 10.7. The first-order valence-corrected chi connectivity index (χ1v) is 6.16. The molecule has 4 heteroatoms. The predicted molar refractivity (Wildman–Crippen MR) is 68.5 cm³/mol. The van der Waals surface area contributed by atoms with Crippen molar-refractivity contribution in [3.05, 3.63) is 35.4 Å². The summed E-state index contributed by atoms with van der Waals surface area (Å²) in [4.78, 5) is 12.9. The number of carboxylic acids is 1. The van der Waals surface area contributed by atoms with Gasteiger partial charge in [-0.05, 0) is 37.6 Å². The van der Waals surface area contributed by atoms with E-state index in [1.807, 2.05) is 19.2 Å². The summed E-state index contributed by atoms with van der Waals surface area (Å²) in [6, 6.07) is 6.95. The van der Waals surface area contributed by atoms with Crippen molar-refractivity contribution in [2.24, 2.45) is 5.41 Å². The molecule has 0 unspecified atom stereocenters. The fraction of sp³-hybridized carbons (Fsp3) is 0.500. The molecule has 0 spiro atoms. The number of nitrogens with zero attached hydrogens (tertiary/aromatic N) is 1. The van der Waals surface area contributed by atoms with Crippen LogP contribution in [-0.4, -0.2) is 41.3 Å². The molecule has 1 aliphatic carbocycles. The van der Waals surface area contributed by atoms with Crippen molar-refractivity contribution < 1.29 is 15.0 Å². The first-order valence-electron chi connectivity index (χ1n) is 6.16. The van der Waals surface area contributed by atoms with Gasteiger partial charge < -0.3 is 15.1 Å². The molecule has 4 nitrogen and oxygen atoms in total. The van der Waals surface area contributed by atoms with Crippen molar-refractivity contribution in [3.63, 3.8) is 0 Å². The van der Waals surface area contributed by atoms with Crippen molar-refractivity contribution in [2.45, 2.75) is 19.4 Å². The van der Waals surface area contributed by atoms with E-state index < -0.39 is 5.97 Å². The maximum Gasteiger partial charge on any atom is 0.335 e. The van der Waals surface area contributed by atoms with Crippen molar-refractivity contribution in [1.82, 2.24) is 4.90 Å². The zero-order valence-corrected chi connectivity index (χ0v) is 10.6.